The van der Waals surface area contributed by atoms with Crippen LogP contribution in [0.1, 0.15) is 63.6 Å². The average Bonchev–Trinajstić information content (AvgIpc) is 2.45. The molecular formula is C20H31NO. The monoisotopic (exact) mass is 301 g/mol. The summed E-state index contributed by atoms with van der Waals surface area (Å²) in [6.45, 7) is 11.0. The van der Waals surface area contributed by atoms with E-state index in [1.54, 1.807) is 0 Å². The van der Waals surface area contributed by atoms with E-state index in [0.29, 0.717) is 11.8 Å². The van der Waals surface area contributed by atoms with Gasteiger partial charge in [-0.3, -0.25) is 0 Å². The molecule has 0 bridgehead atoms. The van der Waals surface area contributed by atoms with Gasteiger partial charge >= 0.3 is 0 Å². The van der Waals surface area contributed by atoms with Gasteiger partial charge in [-0.2, -0.15) is 0 Å². The van der Waals surface area contributed by atoms with Gasteiger partial charge in [0, 0.05) is 6.54 Å². The van der Waals surface area contributed by atoms with Crippen LogP contribution in [0.25, 0.3) is 0 Å². The van der Waals surface area contributed by atoms with Crippen LogP contribution in [0.2, 0.25) is 0 Å². The number of hydrogen-bond acceptors (Lipinski definition) is 2. The summed E-state index contributed by atoms with van der Waals surface area (Å²) in [5.41, 5.74) is 3.36. The van der Waals surface area contributed by atoms with Gasteiger partial charge in [0.25, 0.3) is 0 Å². The zero-order valence-electron chi connectivity index (χ0n) is 14.6. The molecule has 3 atom stereocenters. The van der Waals surface area contributed by atoms with Gasteiger partial charge in [0.2, 0.25) is 0 Å². The molecule has 2 nitrogen and oxygen atoms in total. The molecule has 1 saturated carbocycles. The SMILES string of the molecule is C[C@H]1CCCC(C)(C)[C@@H]1[C@@](C)(O)c1ccc2c(c1)CCNC2. The minimum atomic E-state index is -0.747. The molecular weight excluding hydrogens is 270 g/mol. The Bertz CT molecular complexity index is 547. The fourth-order valence-electron chi connectivity index (χ4n) is 5.26. The van der Waals surface area contributed by atoms with Crippen molar-refractivity contribution in [1.82, 2.24) is 5.32 Å². The molecule has 1 fully saturated rings. The van der Waals surface area contributed by atoms with Gasteiger partial charge in [-0.05, 0) is 60.3 Å². The van der Waals surface area contributed by atoms with E-state index in [4.69, 9.17) is 0 Å². The molecule has 0 radical (unpaired) electrons. The van der Waals surface area contributed by atoms with Gasteiger partial charge in [0.1, 0.15) is 0 Å². The van der Waals surface area contributed by atoms with Crippen LogP contribution in [0.4, 0.5) is 0 Å². The average molecular weight is 301 g/mol. The zero-order chi connectivity index (χ0) is 16.0. The van der Waals surface area contributed by atoms with E-state index in [1.807, 2.05) is 6.92 Å². The second-order valence-electron chi connectivity index (χ2n) is 8.39. The number of aliphatic hydroxyl groups is 1. The second kappa shape index (κ2) is 5.65. The van der Waals surface area contributed by atoms with Crippen molar-refractivity contribution in [3.8, 4) is 0 Å². The van der Waals surface area contributed by atoms with Crippen LogP contribution in [0, 0.1) is 17.3 Å². The normalized spacial score (nSPS) is 30.4. The zero-order valence-corrected chi connectivity index (χ0v) is 14.6. The van der Waals surface area contributed by atoms with Crippen LogP contribution >= 0.6 is 0 Å². The van der Waals surface area contributed by atoms with Crippen molar-refractivity contribution in [2.45, 2.75) is 65.5 Å². The standard InChI is InChI=1S/C20H31NO/c1-14-6-5-10-19(2,3)18(14)20(4,22)17-8-7-16-13-21-11-9-15(16)12-17/h7-8,12,14,18,21-22H,5-6,9-11,13H2,1-4H3/t14-,18+,20-/m0/s1. The van der Waals surface area contributed by atoms with Crippen molar-refractivity contribution in [3.63, 3.8) is 0 Å². The first kappa shape index (κ1) is 16.0. The number of fused-ring (bicyclic) bond motifs is 1. The summed E-state index contributed by atoms with van der Waals surface area (Å²) in [6, 6.07) is 6.64. The molecule has 1 aliphatic heterocycles. The van der Waals surface area contributed by atoms with Gasteiger partial charge in [-0.15, -0.1) is 0 Å². The molecule has 3 rings (SSSR count). The first-order valence-corrected chi connectivity index (χ1v) is 8.88. The highest BCUT2D eigenvalue weighted by Crippen LogP contribution is 2.52. The Kier molecular flexibility index (Phi) is 4.11. The Morgan fingerprint density at radius 3 is 2.77 bits per heavy atom. The van der Waals surface area contributed by atoms with Crippen LogP contribution < -0.4 is 5.32 Å². The van der Waals surface area contributed by atoms with Crippen molar-refractivity contribution in [2.24, 2.45) is 17.3 Å². The lowest BCUT2D eigenvalue weighted by Crippen LogP contribution is -2.47. The third-order valence-corrected chi connectivity index (χ3v) is 6.17. The first-order valence-electron chi connectivity index (χ1n) is 8.88. The number of benzene rings is 1. The first-order chi connectivity index (χ1) is 10.3. The molecule has 1 aliphatic carbocycles. The smallest absolute Gasteiger partial charge is 0.0904 e. The predicted octanol–water partition coefficient (Wildman–Crippen LogP) is 4.00. The maximum atomic E-state index is 11.5. The molecule has 2 aliphatic rings. The van der Waals surface area contributed by atoms with E-state index < -0.39 is 5.60 Å². The maximum absolute atomic E-state index is 11.5. The highest BCUT2D eigenvalue weighted by atomic mass is 16.3. The van der Waals surface area contributed by atoms with Gasteiger partial charge < -0.3 is 10.4 Å². The maximum Gasteiger partial charge on any atom is 0.0904 e. The minimum Gasteiger partial charge on any atom is -0.385 e. The van der Waals surface area contributed by atoms with Gasteiger partial charge in [-0.1, -0.05) is 51.8 Å². The topological polar surface area (TPSA) is 32.3 Å². The van der Waals surface area contributed by atoms with E-state index in [2.05, 4.69) is 44.3 Å². The predicted molar refractivity (Wildman–Crippen MR) is 91.7 cm³/mol. The van der Waals surface area contributed by atoms with E-state index in [-0.39, 0.29) is 5.41 Å². The molecule has 0 spiro atoms. The Balaban J connectivity index is 1.97. The van der Waals surface area contributed by atoms with E-state index in [1.165, 1.54) is 30.4 Å². The summed E-state index contributed by atoms with van der Waals surface area (Å²) in [5.74, 6) is 0.880. The molecule has 1 heterocycles. The second-order valence-corrected chi connectivity index (χ2v) is 8.39. The Morgan fingerprint density at radius 1 is 1.27 bits per heavy atom. The lowest BCUT2D eigenvalue weighted by molar-refractivity contribution is -0.102. The molecule has 0 amide bonds. The number of nitrogens with one attached hydrogen (secondary N) is 1. The molecule has 0 aromatic heterocycles. The molecule has 0 saturated heterocycles. The van der Waals surface area contributed by atoms with Gasteiger partial charge in [-0.25, -0.2) is 0 Å². The van der Waals surface area contributed by atoms with Crippen LogP contribution in [0.3, 0.4) is 0 Å². The highest BCUT2D eigenvalue weighted by molar-refractivity contribution is 5.37. The summed E-state index contributed by atoms with van der Waals surface area (Å²) in [5, 5.41) is 14.9. The molecule has 2 heteroatoms. The van der Waals surface area contributed by atoms with Crippen molar-refractivity contribution < 1.29 is 5.11 Å². The summed E-state index contributed by atoms with van der Waals surface area (Å²) in [6.07, 6.45) is 4.81. The van der Waals surface area contributed by atoms with Crippen molar-refractivity contribution in [1.29, 1.82) is 0 Å². The van der Waals surface area contributed by atoms with Crippen LogP contribution in [0.15, 0.2) is 18.2 Å². The molecule has 1 aromatic rings. The van der Waals surface area contributed by atoms with Gasteiger partial charge in [0.15, 0.2) is 0 Å². The van der Waals surface area contributed by atoms with Crippen LogP contribution in [0.5, 0.6) is 0 Å². The van der Waals surface area contributed by atoms with Crippen molar-refractivity contribution >= 4 is 0 Å². The molecule has 22 heavy (non-hydrogen) atoms. The van der Waals surface area contributed by atoms with Crippen molar-refractivity contribution in [3.05, 3.63) is 34.9 Å². The largest absolute Gasteiger partial charge is 0.385 e. The third kappa shape index (κ3) is 2.72. The van der Waals surface area contributed by atoms with Crippen LogP contribution in [-0.4, -0.2) is 11.7 Å². The van der Waals surface area contributed by atoms with Crippen LogP contribution in [-0.2, 0) is 18.6 Å². The van der Waals surface area contributed by atoms with E-state index >= 15 is 0 Å². The fourth-order valence-corrected chi connectivity index (χ4v) is 5.26. The number of hydrogen-bond donors (Lipinski definition) is 2. The summed E-state index contributed by atoms with van der Waals surface area (Å²) < 4.78 is 0. The lowest BCUT2D eigenvalue weighted by atomic mass is 9.57. The molecule has 122 valence electrons. The van der Waals surface area contributed by atoms with Gasteiger partial charge in [0.05, 0.1) is 5.60 Å². The van der Waals surface area contributed by atoms with E-state index in [9.17, 15) is 5.11 Å². The Hall–Kier alpha value is -0.860. The highest BCUT2D eigenvalue weighted by Gasteiger charge is 2.48. The van der Waals surface area contributed by atoms with E-state index in [0.717, 1.165) is 25.1 Å². The molecule has 0 unspecified atom stereocenters. The third-order valence-electron chi connectivity index (χ3n) is 6.17. The minimum absolute atomic E-state index is 0.193. The van der Waals surface area contributed by atoms with Crippen molar-refractivity contribution in [2.75, 3.05) is 6.54 Å². The summed E-state index contributed by atoms with van der Waals surface area (Å²) in [4.78, 5) is 0. The molecule has 2 N–H and O–H groups in total. The summed E-state index contributed by atoms with van der Waals surface area (Å²) in [7, 11) is 0. The number of rotatable bonds is 2. The lowest BCUT2D eigenvalue weighted by Gasteiger charge is -2.50. The quantitative estimate of drug-likeness (QED) is 0.865. The Morgan fingerprint density at radius 2 is 2.05 bits per heavy atom. The molecule has 1 aromatic carbocycles. The summed E-state index contributed by atoms with van der Waals surface area (Å²) >= 11 is 0. The fraction of sp³-hybridized carbons (Fsp3) is 0.700. The Labute approximate surface area is 135 Å².